The summed E-state index contributed by atoms with van der Waals surface area (Å²) in [6.45, 7) is 0.726. The number of aromatic nitrogens is 1. The highest BCUT2D eigenvalue weighted by atomic mass is 16.5. The standard InChI is InChI=1S/C15H18N4O2/c1-19(10-11-3-5-13(21-2)6-4-11)12-7-8-17-14(9-12)15(16)18-20/h3-9,20H,10H2,1-2H3,(H2,16,18). The lowest BCUT2D eigenvalue weighted by Gasteiger charge is -2.20. The molecule has 0 aliphatic heterocycles. The van der Waals surface area contributed by atoms with E-state index in [0.717, 1.165) is 23.5 Å². The Bertz CT molecular complexity index is 626. The van der Waals surface area contributed by atoms with Crippen LogP contribution in [-0.4, -0.2) is 30.2 Å². The quantitative estimate of drug-likeness (QED) is 0.379. The second-order valence-corrected chi connectivity index (χ2v) is 4.59. The molecule has 0 radical (unpaired) electrons. The van der Waals surface area contributed by atoms with E-state index in [0.29, 0.717) is 5.69 Å². The van der Waals surface area contributed by atoms with Crippen LogP contribution in [0, 0.1) is 0 Å². The van der Waals surface area contributed by atoms with Crippen LogP contribution in [0.1, 0.15) is 11.3 Å². The summed E-state index contributed by atoms with van der Waals surface area (Å²) < 4.78 is 5.14. The first kappa shape index (κ1) is 14.6. The molecule has 0 saturated heterocycles. The van der Waals surface area contributed by atoms with E-state index in [4.69, 9.17) is 15.7 Å². The van der Waals surface area contributed by atoms with Crippen LogP contribution in [0.25, 0.3) is 0 Å². The molecule has 2 rings (SSSR count). The molecule has 110 valence electrons. The smallest absolute Gasteiger partial charge is 0.188 e. The van der Waals surface area contributed by atoms with Gasteiger partial charge in [0.1, 0.15) is 11.4 Å². The Labute approximate surface area is 123 Å². The lowest BCUT2D eigenvalue weighted by molar-refractivity contribution is 0.318. The first-order valence-electron chi connectivity index (χ1n) is 6.42. The monoisotopic (exact) mass is 286 g/mol. The summed E-state index contributed by atoms with van der Waals surface area (Å²) in [7, 11) is 3.61. The maximum atomic E-state index is 8.70. The van der Waals surface area contributed by atoms with Gasteiger partial charge in [0.05, 0.1) is 7.11 Å². The number of amidine groups is 1. The molecule has 6 heteroatoms. The van der Waals surface area contributed by atoms with Gasteiger partial charge in [-0.2, -0.15) is 0 Å². The molecule has 6 nitrogen and oxygen atoms in total. The van der Waals surface area contributed by atoms with E-state index in [1.54, 1.807) is 19.4 Å². The molecular formula is C15H18N4O2. The third-order valence-corrected chi connectivity index (χ3v) is 3.13. The van der Waals surface area contributed by atoms with Crippen molar-refractivity contribution < 1.29 is 9.94 Å². The second kappa shape index (κ2) is 6.60. The maximum Gasteiger partial charge on any atom is 0.188 e. The molecule has 0 fully saturated rings. The molecule has 0 unspecified atom stereocenters. The lowest BCUT2D eigenvalue weighted by Crippen LogP contribution is -2.19. The van der Waals surface area contributed by atoms with E-state index in [2.05, 4.69) is 15.0 Å². The van der Waals surface area contributed by atoms with Crippen LogP contribution >= 0.6 is 0 Å². The van der Waals surface area contributed by atoms with E-state index in [-0.39, 0.29) is 5.84 Å². The van der Waals surface area contributed by atoms with Crippen molar-refractivity contribution >= 4 is 11.5 Å². The fourth-order valence-corrected chi connectivity index (χ4v) is 1.94. The summed E-state index contributed by atoms with van der Waals surface area (Å²) in [5.41, 5.74) is 8.08. The minimum Gasteiger partial charge on any atom is -0.497 e. The van der Waals surface area contributed by atoms with Crippen LogP contribution in [0.4, 0.5) is 5.69 Å². The summed E-state index contributed by atoms with van der Waals surface area (Å²) in [6.07, 6.45) is 1.63. The van der Waals surface area contributed by atoms with Gasteiger partial charge in [-0.3, -0.25) is 4.98 Å². The Kier molecular flexibility index (Phi) is 4.61. The Balaban J connectivity index is 2.14. The second-order valence-electron chi connectivity index (χ2n) is 4.59. The highest BCUT2D eigenvalue weighted by Gasteiger charge is 2.06. The molecule has 0 aliphatic rings. The predicted octanol–water partition coefficient (Wildman–Crippen LogP) is 1.82. The van der Waals surface area contributed by atoms with Gasteiger partial charge in [-0.1, -0.05) is 17.3 Å². The molecule has 3 N–H and O–H groups in total. The summed E-state index contributed by atoms with van der Waals surface area (Å²) in [5.74, 6) is 0.828. The van der Waals surface area contributed by atoms with Crippen molar-refractivity contribution in [3.05, 3.63) is 53.9 Å². The number of ether oxygens (including phenoxy) is 1. The van der Waals surface area contributed by atoms with Crippen LogP contribution in [-0.2, 0) is 6.54 Å². The average molecular weight is 286 g/mol. The fraction of sp³-hybridized carbons (Fsp3) is 0.200. The van der Waals surface area contributed by atoms with Gasteiger partial charge in [0.25, 0.3) is 0 Å². The normalized spacial score (nSPS) is 11.2. The molecule has 0 spiro atoms. The van der Waals surface area contributed by atoms with Gasteiger partial charge >= 0.3 is 0 Å². The number of rotatable bonds is 5. The summed E-state index contributed by atoms with van der Waals surface area (Å²) in [4.78, 5) is 6.12. The van der Waals surface area contributed by atoms with Crippen molar-refractivity contribution in [2.24, 2.45) is 10.9 Å². The Morgan fingerprint density at radius 3 is 2.67 bits per heavy atom. The summed E-state index contributed by atoms with van der Waals surface area (Å²) in [5, 5.41) is 11.7. The molecule has 0 aliphatic carbocycles. The minimum atomic E-state index is -0.00491. The maximum absolute atomic E-state index is 8.70. The summed E-state index contributed by atoms with van der Waals surface area (Å²) in [6, 6.07) is 11.5. The lowest BCUT2D eigenvalue weighted by atomic mass is 10.2. The largest absolute Gasteiger partial charge is 0.497 e. The topological polar surface area (TPSA) is 84.0 Å². The Hall–Kier alpha value is -2.76. The van der Waals surface area contributed by atoms with Crippen molar-refractivity contribution in [1.29, 1.82) is 0 Å². The van der Waals surface area contributed by atoms with Gasteiger partial charge in [0, 0.05) is 25.5 Å². The van der Waals surface area contributed by atoms with Crippen LogP contribution in [0.5, 0.6) is 5.75 Å². The minimum absolute atomic E-state index is 0.00491. The van der Waals surface area contributed by atoms with Crippen molar-refractivity contribution in [2.75, 3.05) is 19.1 Å². The Morgan fingerprint density at radius 1 is 1.33 bits per heavy atom. The van der Waals surface area contributed by atoms with Gasteiger partial charge < -0.3 is 20.6 Å². The predicted molar refractivity (Wildman–Crippen MR) is 81.8 cm³/mol. The third kappa shape index (κ3) is 3.62. The highest BCUT2D eigenvalue weighted by molar-refractivity contribution is 5.95. The van der Waals surface area contributed by atoms with Crippen molar-refractivity contribution in [3.63, 3.8) is 0 Å². The van der Waals surface area contributed by atoms with Gasteiger partial charge in [0.15, 0.2) is 5.84 Å². The number of methoxy groups -OCH3 is 1. The number of benzene rings is 1. The molecule has 21 heavy (non-hydrogen) atoms. The highest BCUT2D eigenvalue weighted by Crippen LogP contribution is 2.17. The van der Waals surface area contributed by atoms with E-state index >= 15 is 0 Å². The zero-order valence-electron chi connectivity index (χ0n) is 12.0. The van der Waals surface area contributed by atoms with E-state index in [1.165, 1.54) is 0 Å². The van der Waals surface area contributed by atoms with E-state index < -0.39 is 0 Å². The average Bonchev–Trinajstić information content (AvgIpc) is 2.55. The molecule has 0 saturated carbocycles. The zero-order valence-corrected chi connectivity index (χ0v) is 12.0. The summed E-state index contributed by atoms with van der Waals surface area (Å²) >= 11 is 0. The van der Waals surface area contributed by atoms with Gasteiger partial charge in [-0.05, 0) is 29.8 Å². The molecule has 0 bridgehead atoms. The Morgan fingerprint density at radius 2 is 2.05 bits per heavy atom. The molecule has 2 aromatic rings. The number of oxime groups is 1. The van der Waals surface area contributed by atoms with E-state index in [9.17, 15) is 0 Å². The number of pyridine rings is 1. The van der Waals surface area contributed by atoms with Crippen LogP contribution in [0.3, 0.4) is 0 Å². The molecule has 1 aromatic carbocycles. The number of nitrogens with two attached hydrogens (primary N) is 1. The molecular weight excluding hydrogens is 268 g/mol. The molecule has 0 amide bonds. The number of anilines is 1. The van der Waals surface area contributed by atoms with Crippen LogP contribution < -0.4 is 15.4 Å². The number of hydrogen-bond acceptors (Lipinski definition) is 5. The fourth-order valence-electron chi connectivity index (χ4n) is 1.94. The van der Waals surface area contributed by atoms with Gasteiger partial charge in [0.2, 0.25) is 0 Å². The van der Waals surface area contributed by atoms with E-state index in [1.807, 2.05) is 37.4 Å². The zero-order chi connectivity index (χ0) is 15.2. The SMILES string of the molecule is COc1ccc(CN(C)c2ccnc(C(N)=NO)c2)cc1. The molecule has 0 atom stereocenters. The van der Waals surface area contributed by atoms with Crippen molar-refractivity contribution in [1.82, 2.24) is 4.98 Å². The number of nitrogens with zero attached hydrogens (tertiary/aromatic N) is 3. The van der Waals surface area contributed by atoms with Crippen LogP contribution in [0.2, 0.25) is 0 Å². The first-order valence-corrected chi connectivity index (χ1v) is 6.42. The van der Waals surface area contributed by atoms with Crippen LogP contribution in [0.15, 0.2) is 47.8 Å². The number of hydrogen-bond donors (Lipinski definition) is 2. The van der Waals surface area contributed by atoms with Gasteiger partial charge in [-0.15, -0.1) is 0 Å². The first-order chi connectivity index (χ1) is 10.1. The van der Waals surface area contributed by atoms with Gasteiger partial charge in [-0.25, -0.2) is 0 Å². The molecule has 1 aromatic heterocycles. The molecule has 1 heterocycles. The third-order valence-electron chi connectivity index (χ3n) is 3.13. The van der Waals surface area contributed by atoms with Crippen molar-refractivity contribution in [2.45, 2.75) is 6.54 Å². The van der Waals surface area contributed by atoms with Crippen molar-refractivity contribution in [3.8, 4) is 5.75 Å².